The van der Waals surface area contributed by atoms with Crippen LogP contribution in [0.1, 0.15) is 39.9 Å². The Morgan fingerprint density at radius 3 is 2.25 bits per heavy atom. The van der Waals surface area contributed by atoms with Crippen LogP contribution in [0.3, 0.4) is 0 Å². The van der Waals surface area contributed by atoms with Crippen LogP contribution in [-0.4, -0.2) is 80.9 Å². The number of amides is 2. The van der Waals surface area contributed by atoms with Gasteiger partial charge in [-0.25, -0.2) is 17.7 Å². The summed E-state index contributed by atoms with van der Waals surface area (Å²) >= 11 is 0. The average Bonchev–Trinajstić information content (AvgIpc) is 3.21. The van der Waals surface area contributed by atoms with Crippen molar-refractivity contribution >= 4 is 33.5 Å². The number of alkyl halides is 3. The van der Waals surface area contributed by atoms with Gasteiger partial charge in [-0.2, -0.15) is 13.2 Å². The molecule has 13 heteroatoms. The van der Waals surface area contributed by atoms with Crippen molar-refractivity contribution < 1.29 is 31.2 Å². The van der Waals surface area contributed by atoms with Crippen LogP contribution in [0.25, 0.3) is 0 Å². The summed E-state index contributed by atoms with van der Waals surface area (Å²) in [6.07, 6.45) is -3.80. The monoisotopic (exact) mass is 579 g/mol. The first-order valence-electron chi connectivity index (χ1n) is 12.7. The normalized spacial score (nSPS) is 17.5. The van der Waals surface area contributed by atoms with Crippen LogP contribution < -0.4 is 10.2 Å². The Hall–Kier alpha value is -3.45. The van der Waals surface area contributed by atoms with Crippen molar-refractivity contribution in [3.05, 3.63) is 64.7 Å². The fraction of sp³-hybridized carbons (Fsp3) is 0.444. The molecule has 2 aliphatic heterocycles. The maximum absolute atomic E-state index is 13.1. The first-order valence-corrected chi connectivity index (χ1v) is 14.4. The van der Waals surface area contributed by atoms with Crippen LogP contribution in [0, 0.1) is 6.92 Å². The molecule has 40 heavy (non-hydrogen) atoms. The zero-order valence-electron chi connectivity index (χ0n) is 22.7. The van der Waals surface area contributed by atoms with Crippen molar-refractivity contribution in [2.24, 2.45) is 4.99 Å². The Morgan fingerprint density at radius 1 is 1.07 bits per heavy atom. The number of sulfonamides is 1. The molecule has 2 aromatic rings. The van der Waals surface area contributed by atoms with E-state index in [1.54, 1.807) is 39.3 Å². The number of anilines is 1. The molecule has 1 spiro atoms. The maximum Gasteiger partial charge on any atom is 0.416 e. The predicted octanol–water partition coefficient (Wildman–Crippen LogP) is 3.04. The quantitative estimate of drug-likeness (QED) is 0.567. The highest BCUT2D eigenvalue weighted by atomic mass is 32.2. The molecule has 0 radical (unpaired) electrons. The second-order valence-corrected chi connectivity index (χ2v) is 12.4. The third-order valence-electron chi connectivity index (χ3n) is 7.44. The van der Waals surface area contributed by atoms with Crippen molar-refractivity contribution in [1.29, 1.82) is 0 Å². The van der Waals surface area contributed by atoms with Gasteiger partial charge in [0.25, 0.3) is 11.8 Å². The molecular weight excluding hydrogens is 547 g/mol. The summed E-state index contributed by atoms with van der Waals surface area (Å²) in [6.45, 7) is 2.08. The van der Waals surface area contributed by atoms with Crippen LogP contribution in [0.15, 0.2) is 47.5 Å². The molecule has 9 nitrogen and oxygen atoms in total. The molecule has 2 aromatic carbocycles. The van der Waals surface area contributed by atoms with Gasteiger partial charge >= 0.3 is 6.18 Å². The first-order chi connectivity index (χ1) is 18.6. The van der Waals surface area contributed by atoms with Crippen LogP contribution in [0.2, 0.25) is 0 Å². The third-order valence-corrected chi connectivity index (χ3v) is 9.31. The number of rotatable bonds is 6. The number of piperidine rings is 1. The molecule has 2 aliphatic rings. The minimum Gasteiger partial charge on any atom is -0.345 e. The molecule has 2 heterocycles. The number of guanidine groups is 1. The number of benzene rings is 2. The lowest BCUT2D eigenvalue weighted by Crippen LogP contribution is -2.51. The van der Waals surface area contributed by atoms with E-state index in [1.807, 2.05) is 6.92 Å². The van der Waals surface area contributed by atoms with Gasteiger partial charge in [0.05, 0.1) is 11.3 Å². The topological polar surface area (TPSA) is 102 Å². The summed E-state index contributed by atoms with van der Waals surface area (Å²) in [7, 11) is 1.31. The number of nitrogens with zero attached hydrogens (tertiary/aromatic N) is 4. The van der Waals surface area contributed by atoms with Gasteiger partial charge in [0.1, 0.15) is 5.54 Å². The van der Waals surface area contributed by atoms with Crippen molar-refractivity contribution in [2.75, 3.05) is 44.9 Å². The van der Waals surface area contributed by atoms with Crippen LogP contribution >= 0.6 is 0 Å². The second-order valence-electron chi connectivity index (χ2n) is 10.3. The molecule has 4 rings (SSSR count). The summed E-state index contributed by atoms with van der Waals surface area (Å²) in [4.78, 5) is 32.6. The number of halogens is 3. The van der Waals surface area contributed by atoms with Crippen molar-refractivity contribution in [3.63, 3.8) is 0 Å². The van der Waals surface area contributed by atoms with Crippen molar-refractivity contribution in [3.8, 4) is 0 Å². The van der Waals surface area contributed by atoms with Crippen LogP contribution in [-0.2, 0) is 27.4 Å². The third kappa shape index (κ3) is 5.99. The molecule has 0 bridgehead atoms. The number of nitrogens with one attached hydrogen (secondary N) is 1. The molecule has 2 amide bonds. The van der Waals surface area contributed by atoms with Crippen LogP contribution in [0.4, 0.5) is 18.9 Å². The van der Waals surface area contributed by atoms with Gasteiger partial charge in [-0.05, 0) is 73.7 Å². The van der Waals surface area contributed by atoms with Crippen molar-refractivity contribution in [1.82, 2.24) is 14.5 Å². The molecule has 0 unspecified atom stereocenters. The van der Waals surface area contributed by atoms with E-state index >= 15 is 0 Å². The Kier molecular flexibility index (Phi) is 8.01. The summed E-state index contributed by atoms with van der Waals surface area (Å²) < 4.78 is 66.3. The summed E-state index contributed by atoms with van der Waals surface area (Å²) in [5.41, 5.74) is 0.712. The summed E-state index contributed by atoms with van der Waals surface area (Å²) in [6, 6.07) is 9.74. The number of carbonyl (C=O) groups is 2. The molecule has 0 saturated carbocycles. The highest BCUT2D eigenvalue weighted by molar-refractivity contribution is 7.89. The molecular formula is C27H32F3N5O4S. The molecule has 216 valence electrons. The average molecular weight is 580 g/mol. The number of aliphatic imine (C=N–C) groups is 1. The Morgan fingerprint density at radius 2 is 1.70 bits per heavy atom. The number of aryl methyl sites for hydroxylation is 2. The van der Waals surface area contributed by atoms with E-state index in [9.17, 15) is 31.2 Å². The van der Waals surface area contributed by atoms with Gasteiger partial charge in [0, 0.05) is 45.5 Å². The molecule has 0 aliphatic carbocycles. The highest BCUT2D eigenvalue weighted by Gasteiger charge is 2.48. The molecule has 0 atom stereocenters. The van der Waals surface area contributed by atoms with E-state index in [1.165, 1.54) is 26.2 Å². The van der Waals surface area contributed by atoms with E-state index in [0.717, 1.165) is 23.3 Å². The SMILES string of the molecule is Cc1cc(C(=O)N(C)C)ccc1CCS(=O)(=O)N1CCC2(CC1)N=C(N(C)c1ccc(C(F)(F)F)cc1)NC2=O. The van der Waals surface area contributed by atoms with Crippen LogP contribution in [0.5, 0.6) is 0 Å². The van der Waals surface area contributed by atoms with Gasteiger partial charge in [-0.3, -0.25) is 14.9 Å². The van der Waals surface area contributed by atoms with Gasteiger partial charge in [0.2, 0.25) is 16.0 Å². The number of hydrogen-bond acceptors (Lipinski definition) is 6. The van der Waals surface area contributed by atoms with Gasteiger partial charge in [-0.15, -0.1) is 0 Å². The zero-order chi connectivity index (χ0) is 29.5. The Bertz CT molecular complexity index is 1430. The second kappa shape index (κ2) is 10.8. The fourth-order valence-electron chi connectivity index (χ4n) is 4.86. The van der Waals surface area contributed by atoms with Gasteiger partial charge in [-0.1, -0.05) is 6.07 Å². The predicted molar refractivity (Wildman–Crippen MR) is 146 cm³/mol. The molecule has 1 fully saturated rings. The van der Waals surface area contributed by atoms with E-state index in [-0.39, 0.29) is 55.9 Å². The minimum atomic E-state index is -4.45. The lowest BCUT2D eigenvalue weighted by molar-refractivity contribution is -0.137. The van der Waals surface area contributed by atoms with Crippen molar-refractivity contribution in [2.45, 2.75) is 37.9 Å². The maximum atomic E-state index is 13.1. The Balaban J connectivity index is 1.39. The first kappa shape index (κ1) is 29.5. The lowest BCUT2D eigenvalue weighted by atomic mass is 9.89. The van der Waals surface area contributed by atoms with Gasteiger partial charge < -0.3 is 9.80 Å². The van der Waals surface area contributed by atoms with E-state index in [2.05, 4.69) is 10.3 Å². The minimum absolute atomic E-state index is 0.112. The smallest absolute Gasteiger partial charge is 0.345 e. The van der Waals surface area contributed by atoms with E-state index < -0.39 is 27.3 Å². The van der Waals surface area contributed by atoms with E-state index in [0.29, 0.717) is 11.3 Å². The highest BCUT2D eigenvalue weighted by Crippen LogP contribution is 2.33. The zero-order valence-corrected chi connectivity index (χ0v) is 23.6. The largest absolute Gasteiger partial charge is 0.416 e. The molecule has 1 N–H and O–H groups in total. The molecule has 0 aromatic heterocycles. The number of hydrogen-bond donors (Lipinski definition) is 1. The Labute approximate surface area is 231 Å². The van der Waals surface area contributed by atoms with E-state index in [4.69, 9.17) is 0 Å². The lowest BCUT2D eigenvalue weighted by Gasteiger charge is -2.34. The summed E-state index contributed by atoms with van der Waals surface area (Å²) in [5, 5.41) is 2.70. The summed E-state index contributed by atoms with van der Waals surface area (Å²) in [5.74, 6) is -0.398. The molecule has 1 saturated heterocycles. The number of carbonyl (C=O) groups excluding carboxylic acids is 2. The standard InChI is InChI=1S/C27H32F3N5O4S/c1-18-17-20(23(36)33(2)3)6-5-19(18)11-16-40(38,39)35-14-12-26(13-15-35)24(37)31-25(32-26)34(4)22-9-7-21(8-10-22)27(28,29)30/h5-10,17H,11-16H2,1-4H3,(H,31,32,37). The fourth-order valence-corrected chi connectivity index (χ4v) is 6.34. The van der Waals surface area contributed by atoms with Gasteiger partial charge in [0.15, 0.2) is 0 Å².